The highest BCUT2D eigenvalue weighted by Gasteiger charge is 2.30. The van der Waals surface area contributed by atoms with E-state index in [0.29, 0.717) is 10.6 Å². The molecule has 0 aromatic heterocycles. The van der Waals surface area contributed by atoms with E-state index in [1.165, 1.54) is 0 Å². The summed E-state index contributed by atoms with van der Waals surface area (Å²) in [4.78, 5) is 0.336. The van der Waals surface area contributed by atoms with Gasteiger partial charge in [-0.05, 0) is 37.3 Å². The van der Waals surface area contributed by atoms with Gasteiger partial charge in [0.05, 0.1) is 5.69 Å². The van der Waals surface area contributed by atoms with Crippen LogP contribution < -0.4 is 10.0 Å². The summed E-state index contributed by atoms with van der Waals surface area (Å²) in [5, 5.41) is 3.33. The molecular formula is C15H24N2O2S. The number of para-hydroxylation sites is 1. The standard InChI is InChI=1S/C15H24N2O2S/c1-11(15(2,3)4)16-13-7-5-6-8-14(13)20(18,19)17-12-9-10-12/h5-8,11-12,16-17H,9-10H2,1-4H3. The van der Waals surface area contributed by atoms with Crippen LogP contribution in [0.1, 0.15) is 40.5 Å². The van der Waals surface area contributed by atoms with Crippen LogP contribution in [0.4, 0.5) is 5.69 Å². The SMILES string of the molecule is CC(Nc1ccccc1S(=O)(=O)NC1CC1)C(C)(C)C. The maximum Gasteiger partial charge on any atom is 0.242 e. The molecule has 1 aliphatic rings. The Morgan fingerprint density at radius 3 is 2.35 bits per heavy atom. The predicted molar refractivity (Wildman–Crippen MR) is 82.3 cm³/mol. The molecule has 0 bridgehead atoms. The van der Waals surface area contributed by atoms with E-state index in [-0.39, 0.29) is 17.5 Å². The summed E-state index contributed by atoms with van der Waals surface area (Å²) in [7, 11) is -3.43. The topological polar surface area (TPSA) is 58.2 Å². The van der Waals surface area contributed by atoms with Crippen molar-refractivity contribution in [3.8, 4) is 0 Å². The molecule has 0 spiro atoms. The monoisotopic (exact) mass is 296 g/mol. The minimum atomic E-state index is -3.43. The van der Waals surface area contributed by atoms with Crippen LogP contribution >= 0.6 is 0 Å². The average Bonchev–Trinajstić information content (AvgIpc) is 3.11. The lowest BCUT2D eigenvalue weighted by atomic mass is 9.88. The van der Waals surface area contributed by atoms with Crippen molar-refractivity contribution in [2.75, 3.05) is 5.32 Å². The Balaban J connectivity index is 2.26. The second-order valence-corrected chi connectivity index (χ2v) is 8.31. The largest absolute Gasteiger partial charge is 0.381 e. The second kappa shape index (κ2) is 5.37. The first-order valence-electron chi connectivity index (χ1n) is 7.08. The molecule has 0 aliphatic heterocycles. The molecule has 1 aliphatic carbocycles. The zero-order chi connectivity index (χ0) is 15.0. The highest BCUT2D eigenvalue weighted by molar-refractivity contribution is 7.89. The maximum atomic E-state index is 12.4. The third-order valence-corrected chi connectivity index (χ3v) is 5.33. The van der Waals surface area contributed by atoms with Crippen LogP contribution in [0, 0.1) is 5.41 Å². The van der Waals surface area contributed by atoms with Crippen LogP contribution in [0.25, 0.3) is 0 Å². The van der Waals surface area contributed by atoms with Gasteiger partial charge in [-0.25, -0.2) is 13.1 Å². The van der Waals surface area contributed by atoms with Gasteiger partial charge in [0.2, 0.25) is 10.0 Å². The fourth-order valence-electron chi connectivity index (χ4n) is 1.75. The van der Waals surface area contributed by atoms with Crippen LogP contribution in [0.2, 0.25) is 0 Å². The Labute approximate surface area is 122 Å². The van der Waals surface area contributed by atoms with E-state index >= 15 is 0 Å². The number of benzene rings is 1. The molecule has 0 saturated heterocycles. The predicted octanol–water partition coefficient (Wildman–Crippen LogP) is 2.97. The number of hydrogen-bond donors (Lipinski definition) is 2. The van der Waals surface area contributed by atoms with Crippen molar-refractivity contribution >= 4 is 15.7 Å². The fraction of sp³-hybridized carbons (Fsp3) is 0.600. The molecule has 1 unspecified atom stereocenters. The first kappa shape index (κ1) is 15.3. The summed E-state index contributed by atoms with van der Waals surface area (Å²) in [5.74, 6) is 0. The molecule has 1 fully saturated rings. The highest BCUT2D eigenvalue weighted by atomic mass is 32.2. The third-order valence-electron chi connectivity index (χ3n) is 3.75. The molecule has 1 aromatic carbocycles. The van der Waals surface area contributed by atoms with Crippen molar-refractivity contribution in [3.63, 3.8) is 0 Å². The zero-order valence-corrected chi connectivity index (χ0v) is 13.4. The first-order chi connectivity index (χ1) is 9.20. The number of nitrogens with one attached hydrogen (secondary N) is 2. The van der Waals surface area contributed by atoms with E-state index in [2.05, 4.69) is 37.7 Å². The van der Waals surface area contributed by atoms with Crippen LogP contribution in [0.3, 0.4) is 0 Å². The summed E-state index contributed by atoms with van der Waals surface area (Å²) in [6.45, 7) is 8.45. The van der Waals surface area contributed by atoms with Gasteiger partial charge in [-0.3, -0.25) is 0 Å². The molecule has 1 aromatic rings. The lowest BCUT2D eigenvalue weighted by Gasteiger charge is -2.29. The van der Waals surface area contributed by atoms with E-state index in [0.717, 1.165) is 12.8 Å². The van der Waals surface area contributed by atoms with E-state index in [4.69, 9.17) is 0 Å². The van der Waals surface area contributed by atoms with E-state index in [9.17, 15) is 8.42 Å². The smallest absolute Gasteiger partial charge is 0.242 e. The van der Waals surface area contributed by atoms with Gasteiger partial charge in [-0.15, -0.1) is 0 Å². The van der Waals surface area contributed by atoms with Gasteiger partial charge in [0.15, 0.2) is 0 Å². The Morgan fingerprint density at radius 1 is 1.20 bits per heavy atom. The van der Waals surface area contributed by atoms with Crippen LogP contribution in [0.15, 0.2) is 29.2 Å². The Bertz CT molecular complexity index is 572. The van der Waals surface area contributed by atoms with Crippen LogP contribution in [0.5, 0.6) is 0 Å². The summed E-state index contributed by atoms with van der Waals surface area (Å²) >= 11 is 0. The minimum Gasteiger partial charge on any atom is -0.381 e. The number of rotatable bonds is 5. The van der Waals surface area contributed by atoms with E-state index in [1.807, 2.05) is 12.1 Å². The van der Waals surface area contributed by atoms with Gasteiger partial charge >= 0.3 is 0 Å². The van der Waals surface area contributed by atoms with Gasteiger partial charge in [0.1, 0.15) is 4.90 Å². The molecule has 4 nitrogen and oxygen atoms in total. The van der Waals surface area contributed by atoms with E-state index < -0.39 is 10.0 Å². The van der Waals surface area contributed by atoms with Crippen LogP contribution in [-0.2, 0) is 10.0 Å². The number of sulfonamides is 1. The molecule has 0 radical (unpaired) electrons. The second-order valence-electron chi connectivity index (χ2n) is 6.62. The van der Waals surface area contributed by atoms with Gasteiger partial charge in [0, 0.05) is 12.1 Å². The molecule has 1 atom stereocenters. The minimum absolute atomic E-state index is 0.0563. The van der Waals surface area contributed by atoms with Gasteiger partial charge < -0.3 is 5.32 Å². The molecule has 0 amide bonds. The molecular weight excluding hydrogens is 272 g/mol. The summed E-state index contributed by atoms with van der Waals surface area (Å²) < 4.78 is 27.5. The lowest BCUT2D eigenvalue weighted by molar-refractivity contribution is 0.359. The summed E-state index contributed by atoms with van der Waals surface area (Å²) in [6.07, 6.45) is 1.88. The van der Waals surface area contributed by atoms with Gasteiger partial charge in [-0.1, -0.05) is 32.9 Å². The molecule has 2 rings (SSSR count). The molecule has 2 N–H and O–H groups in total. The van der Waals surface area contributed by atoms with Gasteiger partial charge in [0.25, 0.3) is 0 Å². The lowest BCUT2D eigenvalue weighted by Crippen LogP contribution is -2.32. The van der Waals surface area contributed by atoms with Crippen molar-refractivity contribution in [2.45, 2.75) is 57.5 Å². The van der Waals surface area contributed by atoms with Crippen LogP contribution in [-0.4, -0.2) is 20.5 Å². The van der Waals surface area contributed by atoms with Crippen molar-refractivity contribution in [1.82, 2.24) is 4.72 Å². The Kier molecular flexibility index (Phi) is 4.12. The normalized spacial score (nSPS) is 17.8. The van der Waals surface area contributed by atoms with Crippen molar-refractivity contribution in [3.05, 3.63) is 24.3 Å². The molecule has 112 valence electrons. The Morgan fingerprint density at radius 2 is 1.80 bits per heavy atom. The molecule has 0 heterocycles. The Hall–Kier alpha value is -1.07. The molecule has 20 heavy (non-hydrogen) atoms. The van der Waals surface area contributed by atoms with Crippen molar-refractivity contribution in [1.29, 1.82) is 0 Å². The maximum absolute atomic E-state index is 12.4. The number of hydrogen-bond acceptors (Lipinski definition) is 3. The van der Waals surface area contributed by atoms with Crippen molar-refractivity contribution < 1.29 is 8.42 Å². The first-order valence-corrected chi connectivity index (χ1v) is 8.56. The number of anilines is 1. The highest BCUT2D eigenvalue weighted by Crippen LogP contribution is 2.29. The third kappa shape index (κ3) is 3.73. The quantitative estimate of drug-likeness (QED) is 0.878. The zero-order valence-electron chi connectivity index (χ0n) is 12.6. The fourth-order valence-corrected chi connectivity index (χ4v) is 3.23. The molecule has 5 heteroatoms. The van der Waals surface area contributed by atoms with Crippen molar-refractivity contribution in [2.24, 2.45) is 5.41 Å². The summed E-state index contributed by atoms with van der Waals surface area (Å²) in [6, 6.07) is 7.38. The molecule has 1 saturated carbocycles. The van der Waals surface area contributed by atoms with Gasteiger partial charge in [-0.2, -0.15) is 0 Å². The summed E-state index contributed by atoms with van der Waals surface area (Å²) in [5.41, 5.74) is 0.726. The average molecular weight is 296 g/mol. The van der Waals surface area contributed by atoms with E-state index in [1.54, 1.807) is 12.1 Å².